The lowest BCUT2D eigenvalue weighted by Crippen LogP contribution is -2.08. The Labute approximate surface area is 158 Å². The van der Waals surface area contributed by atoms with E-state index >= 15 is 0 Å². The van der Waals surface area contributed by atoms with Crippen molar-refractivity contribution >= 4 is 28.6 Å². The van der Waals surface area contributed by atoms with Crippen LogP contribution >= 0.6 is 0 Å². The minimum Gasteiger partial charge on any atom is -0.493 e. The maximum Gasteiger partial charge on any atom is 0.248 e. The van der Waals surface area contributed by atoms with E-state index in [0.717, 1.165) is 27.7 Å². The Morgan fingerprint density at radius 2 is 2.04 bits per heavy atom. The van der Waals surface area contributed by atoms with Gasteiger partial charge in [0.15, 0.2) is 11.5 Å². The van der Waals surface area contributed by atoms with Crippen LogP contribution in [-0.2, 0) is 4.79 Å². The normalized spacial score (nSPS) is 10.9. The summed E-state index contributed by atoms with van der Waals surface area (Å²) in [5.41, 5.74) is 3.55. The Morgan fingerprint density at radius 1 is 1.19 bits per heavy atom. The van der Waals surface area contributed by atoms with Gasteiger partial charge >= 0.3 is 0 Å². The molecule has 1 heterocycles. The van der Waals surface area contributed by atoms with Crippen LogP contribution in [0.3, 0.4) is 0 Å². The molecule has 1 aromatic heterocycles. The quantitative estimate of drug-likeness (QED) is 0.651. The number of methoxy groups -OCH3 is 1. The van der Waals surface area contributed by atoms with Crippen LogP contribution in [0.15, 0.2) is 54.7 Å². The van der Waals surface area contributed by atoms with Crippen molar-refractivity contribution in [3.63, 3.8) is 0 Å². The lowest BCUT2D eigenvalue weighted by molar-refractivity contribution is -0.111. The first kappa shape index (κ1) is 18.5. The van der Waals surface area contributed by atoms with E-state index < -0.39 is 0 Å². The summed E-state index contributed by atoms with van der Waals surface area (Å²) < 4.78 is 10.8. The van der Waals surface area contributed by atoms with Gasteiger partial charge in [-0.2, -0.15) is 0 Å². The van der Waals surface area contributed by atoms with Gasteiger partial charge in [0.2, 0.25) is 5.91 Å². The van der Waals surface area contributed by atoms with Crippen LogP contribution in [0.2, 0.25) is 0 Å². The number of rotatable bonds is 6. The zero-order valence-electron chi connectivity index (χ0n) is 15.7. The monoisotopic (exact) mass is 362 g/mol. The maximum atomic E-state index is 12.4. The summed E-state index contributed by atoms with van der Waals surface area (Å²) in [6, 6.07) is 13.2. The van der Waals surface area contributed by atoms with Gasteiger partial charge < -0.3 is 14.8 Å². The summed E-state index contributed by atoms with van der Waals surface area (Å²) in [7, 11) is 1.60. The second-order valence-corrected chi connectivity index (χ2v) is 6.00. The first-order chi connectivity index (χ1) is 13.1. The van der Waals surface area contributed by atoms with Crippen molar-refractivity contribution in [3.05, 3.63) is 65.9 Å². The lowest BCUT2D eigenvalue weighted by atomic mass is 10.1. The van der Waals surface area contributed by atoms with Crippen molar-refractivity contribution in [2.45, 2.75) is 13.8 Å². The van der Waals surface area contributed by atoms with E-state index in [1.807, 2.05) is 56.3 Å². The Kier molecular flexibility index (Phi) is 5.71. The molecule has 0 atom stereocenters. The number of fused-ring (bicyclic) bond motifs is 1. The Bertz CT molecular complexity index is 996. The fraction of sp³-hybridized carbons (Fsp3) is 0.182. The molecule has 5 nitrogen and oxygen atoms in total. The van der Waals surface area contributed by atoms with Gasteiger partial charge in [0, 0.05) is 17.7 Å². The highest BCUT2D eigenvalue weighted by Crippen LogP contribution is 2.28. The molecular weight excluding hydrogens is 340 g/mol. The molecule has 0 aliphatic rings. The van der Waals surface area contributed by atoms with Gasteiger partial charge in [-0.1, -0.05) is 12.1 Å². The Balaban J connectivity index is 1.78. The van der Waals surface area contributed by atoms with Gasteiger partial charge in [-0.05, 0) is 61.4 Å². The number of carbonyl (C=O) groups excluding carboxylic acids is 1. The van der Waals surface area contributed by atoms with Gasteiger partial charge in [-0.3, -0.25) is 9.78 Å². The summed E-state index contributed by atoms with van der Waals surface area (Å²) in [6.45, 7) is 4.45. The molecule has 0 unspecified atom stereocenters. The molecule has 1 amide bonds. The van der Waals surface area contributed by atoms with E-state index in [9.17, 15) is 4.79 Å². The minimum atomic E-state index is -0.210. The van der Waals surface area contributed by atoms with E-state index in [2.05, 4.69) is 10.3 Å². The van der Waals surface area contributed by atoms with Gasteiger partial charge in [0.25, 0.3) is 0 Å². The highest BCUT2D eigenvalue weighted by molar-refractivity contribution is 6.07. The SMILES string of the molecule is CCOc1cc(/C=C/C(=O)Nc2ccc(C)c3ncccc23)ccc1OC. The molecule has 1 N–H and O–H groups in total. The number of nitrogens with one attached hydrogen (secondary N) is 1. The second-order valence-electron chi connectivity index (χ2n) is 6.00. The van der Waals surface area contributed by atoms with Crippen molar-refractivity contribution in [1.29, 1.82) is 0 Å². The highest BCUT2D eigenvalue weighted by atomic mass is 16.5. The van der Waals surface area contributed by atoms with E-state index in [4.69, 9.17) is 9.47 Å². The third-order valence-electron chi connectivity index (χ3n) is 4.14. The standard InChI is InChI=1S/C22H22N2O3/c1-4-27-20-14-16(8-11-19(20)26-3)9-12-21(25)24-18-10-7-15(2)22-17(18)6-5-13-23-22/h5-14H,4H2,1-3H3,(H,24,25)/b12-9+. The van der Waals surface area contributed by atoms with Gasteiger partial charge in [-0.15, -0.1) is 0 Å². The molecule has 5 heteroatoms. The average Bonchev–Trinajstić information content (AvgIpc) is 2.69. The second kappa shape index (κ2) is 8.36. The largest absolute Gasteiger partial charge is 0.493 e. The third kappa shape index (κ3) is 4.26. The number of aromatic nitrogens is 1. The fourth-order valence-electron chi connectivity index (χ4n) is 2.83. The van der Waals surface area contributed by atoms with Crippen LogP contribution in [0.5, 0.6) is 11.5 Å². The molecule has 0 aliphatic carbocycles. The van der Waals surface area contributed by atoms with Gasteiger partial charge in [-0.25, -0.2) is 0 Å². The molecule has 0 bridgehead atoms. The number of pyridine rings is 1. The first-order valence-electron chi connectivity index (χ1n) is 8.76. The van der Waals surface area contributed by atoms with Crippen molar-refractivity contribution in [1.82, 2.24) is 4.98 Å². The summed E-state index contributed by atoms with van der Waals surface area (Å²) in [5, 5.41) is 3.84. The number of ether oxygens (including phenoxy) is 2. The number of aryl methyl sites for hydroxylation is 1. The highest BCUT2D eigenvalue weighted by Gasteiger charge is 2.07. The number of amides is 1. The molecule has 3 aromatic rings. The molecule has 0 saturated heterocycles. The van der Waals surface area contributed by atoms with Crippen LogP contribution in [0, 0.1) is 6.92 Å². The molecular formula is C22H22N2O3. The van der Waals surface area contributed by atoms with Crippen LogP contribution in [0.1, 0.15) is 18.1 Å². The molecule has 27 heavy (non-hydrogen) atoms. The van der Waals surface area contributed by atoms with Crippen molar-refractivity contribution in [2.75, 3.05) is 19.0 Å². The number of nitrogens with zero attached hydrogens (tertiary/aromatic N) is 1. The van der Waals surface area contributed by atoms with Gasteiger partial charge in [0.1, 0.15) is 0 Å². The lowest BCUT2D eigenvalue weighted by Gasteiger charge is -2.10. The van der Waals surface area contributed by atoms with Crippen LogP contribution in [0.25, 0.3) is 17.0 Å². The Morgan fingerprint density at radius 3 is 2.81 bits per heavy atom. The molecule has 0 saturated carbocycles. The van der Waals surface area contributed by atoms with Crippen LogP contribution < -0.4 is 14.8 Å². The molecule has 2 aromatic carbocycles. The van der Waals surface area contributed by atoms with Crippen LogP contribution in [-0.4, -0.2) is 24.6 Å². The first-order valence-corrected chi connectivity index (χ1v) is 8.76. The number of hydrogen-bond donors (Lipinski definition) is 1. The number of benzene rings is 2. The molecule has 0 aliphatic heterocycles. The summed E-state index contributed by atoms with van der Waals surface area (Å²) >= 11 is 0. The average molecular weight is 362 g/mol. The molecule has 0 spiro atoms. The summed E-state index contributed by atoms with van der Waals surface area (Å²) in [6.07, 6.45) is 4.99. The van der Waals surface area contributed by atoms with E-state index in [0.29, 0.717) is 18.1 Å². The zero-order chi connectivity index (χ0) is 19.2. The predicted molar refractivity (Wildman–Crippen MR) is 108 cm³/mol. The number of hydrogen-bond acceptors (Lipinski definition) is 4. The van der Waals surface area contributed by atoms with Crippen molar-refractivity contribution in [3.8, 4) is 11.5 Å². The maximum absolute atomic E-state index is 12.4. The summed E-state index contributed by atoms with van der Waals surface area (Å²) in [4.78, 5) is 16.8. The molecule has 138 valence electrons. The fourth-order valence-corrected chi connectivity index (χ4v) is 2.83. The Hall–Kier alpha value is -3.34. The number of carbonyl (C=O) groups is 1. The third-order valence-corrected chi connectivity index (χ3v) is 4.14. The van der Waals surface area contributed by atoms with Crippen molar-refractivity contribution in [2.24, 2.45) is 0 Å². The van der Waals surface area contributed by atoms with Gasteiger partial charge in [0.05, 0.1) is 24.9 Å². The molecule has 0 fully saturated rings. The smallest absolute Gasteiger partial charge is 0.248 e. The minimum absolute atomic E-state index is 0.210. The van der Waals surface area contributed by atoms with E-state index in [1.54, 1.807) is 19.4 Å². The molecule has 0 radical (unpaired) electrons. The van der Waals surface area contributed by atoms with Crippen LogP contribution in [0.4, 0.5) is 5.69 Å². The van der Waals surface area contributed by atoms with E-state index in [-0.39, 0.29) is 5.91 Å². The topological polar surface area (TPSA) is 60.5 Å². The summed E-state index contributed by atoms with van der Waals surface area (Å²) in [5.74, 6) is 1.10. The van der Waals surface area contributed by atoms with Crippen molar-refractivity contribution < 1.29 is 14.3 Å². The predicted octanol–water partition coefficient (Wildman–Crippen LogP) is 4.60. The molecule has 3 rings (SSSR count). The zero-order valence-corrected chi connectivity index (χ0v) is 15.7. The number of anilines is 1. The van der Waals surface area contributed by atoms with E-state index in [1.165, 1.54) is 6.08 Å².